The molecule has 162 valence electrons. The number of nitrogens with one attached hydrogen (secondary N) is 2. The van der Waals surface area contributed by atoms with Gasteiger partial charge in [-0.3, -0.25) is 14.4 Å². The number of piperidine rings is 1. The van der Waals surface area contributed by atoms with Crippen molar-refractivity contribution in [1.29, 1.82) is 0 Å². The Hall–Kier alpha value is -1.89. The summed E-state index contributed by atoms with van der Waals surface area (Å²) < 4.78 is 0. The Morgan fingerprint density at radius 1 is 1.21 bits per heavy atom. The number of hydrogen-bond acceptors (Lipinski definition) is 4. The van der Waals surface area contributed by atoms with Crippen molar-refractivity contribution >= 4 is 29.1 Å². The van der Waals surface area contributed by atoms with Crippen LogP contribution in [0.1, 0.15) is 63.6 Å². The van der Waals surface area contributed by atoms with Crippen molar-refractivity contribution in [3.63, 3.8) is 0 Å². The Morgan fingerprint density at radius 2 is 1.86 bits per heavy atom. The summed E-state index contributed by atoms with van der Waals surface area (Å²) >= 11 is 1.36. The van der Waals surface area contributed by atoms with Crippen LogP contribution in [0.5, 0.6) is 0 Å². The molecule has 0 spiro atoms. The molecular weight excluding hydrogens is 386 g/mol. The number of nitrogens with zero attached hydrogens (tertiary/aromatic N) is 1. The minimum Gasteiger partial charge on any atom is -0.354 e. The largest absolute Gasteiger partial charge is 0.354 e. The molecule has 7 heteroatoms. The average molecular weight is 422 g/mol. The van der Waals surface area contributed by atoms with Gasteiger partial charge in [0.1, 0.15) is 6.04 Å². The first-order valence-corrected chi connectivity index (χ1v) is 11.3. The smallest absolute Gasteiger partial charge is 0.262 e. The van der Waals surface area contributed by atoms with E-state index in [2.05, 4.69) is 31.4 Å². The van der Waals surface area contributed by atoms with Crippen molar-refractivity contribution in [3.05, 3.63) is 22.4 Å². The van der Waals surface area contributed by atoms with Gasteiger partial charge in [-0.25, -0.2) is 0 Å². The van der Waals surface area contributed by atoms with E-state index >= 15 is 0 Å². The van der Waals surface area contributed by atoms with Gasteiger partial charge in [-0.15, -0.1) is 11.3 Å². The summed E-state index contributed by atoms with van der Waals surface area (Å²) in [5.41, 5.74) is -0.0398. The van der Waals surface area contributed by atoms with E-state index in [1.807, 2.05) is 30.2 Å². The molecule has 0 bridgehead atoms. The average Bonchev–Trinajstić information content (AvgIpc) is 3.17. The van der Waals surface area contributed by atoms with Crippen LogP contribution in [0.25, 0.3) is 0 Å². The molecule has 0 saturated carbocycles. The molecule has 0 radical (unpaired) electrons. The quantitative estimate of drug-likeness (QED) is 0.709. The fourth-order valence-corrected chi connectivity index (χ4v) is 4.11. The van der Waals surface area contributed by atoms with Crippen molar-refractivity contribution in [1.82, 2.24) is 15.5 Å². The molecule has 1 fully saturated rings. The van der Waals surface area contributed by atoms with Gasteiger partial charge in [0, 0.05) is 26.1 Å². The molecule has 0 aromatic carbocycles. The molecule has 1 unspecified atom stereocenters. The second-order valence-corrected chi connectivity index (χ2v) is 10.5. The van der Waals surface area contributed by atoms with Crippen LogP contribution in [-0.4, -0.2) is 48.3 Å². The van der Waals surface area contributed by atoms with Crippen LogP contribution in [0.3, 0.4) is 0 Å². The highest BCUT2D eigenvalue weighted by atomic mass is 32.1. The van der Waals surface area contributed by atoms with Gasteiger partial charge in [-0.2, -0.15) is 0 Å². The van der Waals surface area contributed by atoms with Crippen molar-refractivity contribution < 1.29 is 14.4 Å². The van der Waals surface area contributed by atoms with Crippen LogP contribution in [0, 0.1) is 17.3 Å². The second-order valence-electron chi connectivity index (χ2n) is 9.52. The highest BCUT2D eigenvalue weighted by molar-refractivity contribution is 7.12. The van der Waals surface area contributed by atoms with Gasteiger partial charge >= 0.3 is 0 Å². The van der Waals surface area contributed by atoms with Gasteiger partial charge in [0.05, 0.1) is 4.88 Å². The maximum Gasteiger partial charge on any atom is 0.262 e. The first-order chi connectivity index (χ1) is 13.6. The lowest BCUT2D eigenvalue weighted by atomic mass is 9.87. The number of carbonyl (C=O) groups excluding carboxylic acids is 3. The lowest BCUT2D eigenvalue weighted by Crippen LogP contribution is -2.54. The van der Waals surface area contributed by atoms with Crippen molar-refractivity contribution in [2.45, 2.75) is 59.9 Å². The van der Waals surface area contributed by atoms with Gasteiger partial charge in [0.2, 0.25) is 11.8 Å². The molecule has 1 atom stereocenters. The van der Waals surface area contributed by atoms with E-state index in [0.29, 0.717) is 49.7 Å². The number of hydrogen-bond donors (Lipinski definition) is 2. The molecule has 1 saturated heterocycles. The van der Waals surface area contributed by atoms with Gasteiger partial charge < -0.3 is 15.5 Å². The second kappa shape index (κ2) is 10.2. The summed E-state index contributed by atoms with van der Waals surface area (Å²) in [5, 5.41) is 7.76. The predicted octanol–water partition coefficient (Wildman–Crippen LogP) is 3.29. The number of amides is 3. The predicted molar refractivity (Wildman–Crippen MR) is 117 cm³/mol. The van der Waals surface area contributed by atoms with Gasteiger partial charge in [0.25, 0.3) is 5.91 Å². The van der Waals surface area contributed by atoms with Gasteiger partial charge in [0.15, 0.2) is 0 Å². The van der Waals surface area contributed by atoms with Crippen LogP contribution in [0.4, 0.5) is 0 Å². The Kier molecular flexibility index (Phi) is 8.25. The van der Waals surface area contributed by atoms with E-state index < -0.39 is 6.04 Å². The molecule has 1 aliphatic rings. The van der Waals surface area contributed by atoms with Crippen LogP contribution in [0.15, 0.2) is 17.5 Å². The molecule has 29 heavy (non-hydrogen) atoms. The first kappa shape index (κ1) is 23.4. The van der Waals surface area contributed by atoms with Crippen LogP contribution in [-0.2, 0) is 9.59 Å². The summed E-state index contributed by atoms with van der Waals surface area (Å²) in [5.74, 6) is 0.174. The summed E-state index contributed by atoms with van der Waals surface area (Å²) in [6.45, 7) is 12.1. The van der Waals surface area contributed by atoms with Crippen molar-refractivity contribution in [3.8, 4) is 0 Å². The van der Waals surface area contributed by atoms with E-state index in [1.54, 1.807) is 6.07 Å². The molecule has 1 aliphatic heterocycles. The van der Waals surface area contributed by atoms with E-state index in [0.717, 1.165) is 0 Å². The maximum absolute atomic E-state index is 12.9. The Bertz CT molecular complexity index is 687. The van der Waals surface area contributed by atoms with E-state index in [4.69, 9.17) is 0 Å². The molecule has 0 aliphatic carbocycles. The summed E-state index contributed by atoms with van der Waals surface area (Å²) in [6, 6.07) is 3.01. The third-order valence-electron chi connectivity index (χ3n) is 5.04. The molecule has 2 rings (SSSR count). The Labute approximate surface area is 178 Å². The first-order valence-electron chi connectivity index (χ1n) is 10.5. The minimum absolute atomic E-state index is 0.0183. The Morgan fingerprint density at radius 3 is 2.38 bits per heavy atom. The summed E-state index contributed by atoms with van der Waals surface area (Å²) in [6.07, 6.45) is 1.94. The van der Waals surface area contributed by atoms with Crippen LogP contribution in [0.2, 0.25) is 0 Å². The zero-order valence-corrected chi connectivity index (χ0v) is 19.1. The molecule has 2 N–H and O–H groups in total. The highest BCUT2D eigenvalue weighted by Crippen LogP contribution is 2.25. The highest BCUT2D eigenvalue weighted by Gasteiger charge is 2.34. The fraction of sp³-hybridized carbons (Fsp3) is 0.682. The standard InChI is InChI=1S/C22H35N3O3S/c1-15(2)14-23-21(28)19(24-20(27)17-7-6-12-29-17)16-8-10-25(11-9-16)18(26)13-22(3,4)5/h6-7,12,15-16,19H,8-11,13-14H2,1-5H3,(H,23,28)(H,24,27). The molecular formula is C22H35N3O3S. The maximum atomic E-state index is 12.9. The van der Waals surface area contributed by atoms with E-state index in [1.165, 1.54) is 11.3 Å². The van der Waals surface area contributed by atoms with Gasteiger partial charge in [-0.05, 0) is 41.5 Å². The van der Waals surface area contributed by atoms with E-state index in [-0.39, 0.29) is 29.1 Å². The van der Waals surface area contributed by atoms with Crippen molar-refractivity contribution in [2.75, 3.05) is 19.6 Å². The molecule has 1 aromatic rings. The molecule has 3 amide bonds. The molecule has 6 nitrogen and oxygen atoms in total. The van der Waals surface area contributed by atoms with Gasteiger partial charge in [-0.1, -0.05) is 40.7 Å². The summed E-state index contributed by atoms with van der Waals surface area (Å²) in [7, 11) is 0. The lowest BCUT2D eigenvalue weighted by molar-refractivity contribution is -0.134. The number of carbonyl (C=O) groups is 3. The van der Waals surface area contributed by atoms with Crippen molar-refractivity contribution in [2.24, 2.45) is 17.3 Å². The minimum atomic E-state index is -0.580. The van der Waals surface area contributed by atoms with Crippen LogP contribution < -0.4 is 10.6 Å². The molecule has 2 heterocycles. The lowest BCUT2D eigenvalue weighted by Gasteiger charge is -2.36. The summed E-state index contributed by atoms with van der Waals surface area (Å²) in [4.78, 5) is 40.4. The monoisotopic (exact) mass is 421 g/mol. The zero-order chi connectivity index (χ0) is 21.6. The molecule has 1 aromatic heterocycles. The SMILES string of the molecule is CC(C)CNC(=O)C(NC(=O)c1cccs1)C1CCN(C(=O)CC(C)(C)C)CC1. The number of likely N-dealkylation sites (tertiary alicyclic amines) is 1. The normalized spacial score (nSPS) is 16.6. The number of rotatable bonds is 7. The topological polar surface area (TPSA) is 78.5 Å². The Balaban J connectivity index is 2.02. The third kappa shape index (κ3) is 7.46. The van der Waals surface area contributed by atoms with Crippen LogP contribution >= 0.6 is 11.3 Å². The third-order valence-corrected chi connectivity index (χ3v) is 5.91. The fourth-order valence-electron chi connectivity index (χ4n) is 3.48. The number of thiophene rings is 1. The van der Waals surface area contributed by atoms with E-state index in [9.17, 15) is 14.4 Å². The zero-order valence-electron chi connectivity index (χ0n) is 18.3.